The standard InChI is InChI=1S/C23H26N2O4/c1-6-29-18-9-7-17(8-10-18)23(5)21(27)25(22(28)24-23)13-20(26)19-12-15(3)14(2)11-16(19)4/h7-12H,6,13H2,1-5H3,(H,24,28). The van der Waals surface area contributed by atoms with Crippen LogP contribution in [0.1, 0.15) is 46.5 Å². The molecule has 0 radical (unpaired) electrons. The molecule has 0 aliphatic carbocycles. The molecule has 152 valence electrons. The summed E-state index contributed by atoms with van der Waals surface area (Å²) >= 11 is 0. The lowest BCUT2D eigenvalue weighted by Gasteiger charge is -2.22. The number of urea groups is 1. The Morgan fingerprint density at radius 2 is 1.66 bits per heavy atom. The van der Waals surface area contributed by atoms with Crippen LogP contribution in [0.2, 0.25) is 0 Å². The Morgan fingerprint density at radius 3 is 2.28 bits per heavy atom. The van der Waals surface area contributed by atoms with Crippen molar-refractivity contribution >= 4 is 17.7 Å². The Labute approximate surface area is 170 Å². The first kappa shape index (κ1) is 20.6. The number of rotatable bonds is 6. The molecule has 1 heterocycles. The molecule has 1 fully saturated rings. The summed E-state index contributed by atoms with van der Waals surface area (Å²) in [5.74, 6) is -0.0135. The second kappa shape index (κ2) is 7.70. The van der Waals surface area contributed by atoms with E-state index in [-0.39, 0.29) is 12.3 Å². The minimum atomic E-state index is -1.22. The maximum absolute atomic E-state index is 13.1. The Balaban J connectivity index is 1.83. The lowest BCUT2D eigenvalue weighted by Crippen LogP contribution is -2.41. The molecule has 3 rings (SSSR count). The van der Waals surface area contributed by atoms with E-state index in [1.165, 1.54) is 0 Å². The molecule has 1 atom stereocenters. The number of ether oxygens (including phenoxy) is 1. The van der Waals surface area contributed by atoms with E-state index in [0.29, 0.717) is 23.5 Å². The van der Waals surface area contributed by atoms with Crippen LogP contribution in [0.4, 0.5) is 4.79 Å². The zero-order valence-electron chi connectivity index (χ0n) is 17.5. The van der Waals surface area contributed by atoms with Crippen molar-refractivity contribution in [1.29, 1.82) is 0 Å². The van der Waals surface area contributed by atoms with Gasteiger partial charge in [-0.2, -0.15) is 0 Å². The number of benzene rings is 2. The van der Waals surface area contributed by atoms with E-state index in [1.54, 1.807) is 31.2 Å². The van der Waals surface area contributed by atoms with E-state index in [9.17, 15) is 14.4 Å². The monoisotopic (exact) mass is 394 g/mol. The number of ketones is 1. The quantitative estimate of drug-likeness (QED) is 0.599. The first-order valence-corrected chi connectivity index (χ1v) is 9.66. The predicted octanol–water partition coefficient (Wildman–Crippen LogP) is 3.66. The summed E-state index contributed by atoms with van der Waals surface area (Å²) in [5.41, 5.74) is 2.87. The number of aryl methyl sites for hydroxylation is 3. The zero-order valence-corrected chi connectivity index (χ0v) is 17.5. The smallest absolute Gasteiger partial charge is 0.325 e. The van der Waals surface area contributed by atoms with Crippen LogP contribution in [0.5, 0.6) is 5.75 Å². The molecule has 1 aliphatic heterocycles. The van der Waals surface area contributed by atoms with E-state index in [1.807, 2.05) is 39.8 Å². The van der Waals surface area contributed by atoms with Crippen LogP contribution in [0.25, 0.3) is 0 Å². The molecule has 3 amide bonds. The molecule has 0 aromatic heterocycles. The Morgan fingerprint density at radius 1 is 1.03 bits per heavy atom. The Kier molecular flexibility index (Phi) is 5.46. The molecule has 1 aliphatic rings. The normalized spacial score (nSPS) is 18.7. The molecule has 1 N–H and O–H groups in total. The third-order valence-corrected chi connectivity index (χ3v) is 5.46. The number of carbonyl (C=O) groups excluding carboxylic acids is 3. The Hall–Kier alpha value is -3.15. The number of carbonyl (C=O) groups is 3. The highest BCUT2D eigenvalue weighted by atomic mass is 16.5. The number of amides is 3. The fraction of sp³-hybridized carbons (Fsp3) is 0.348. The van der Waals surface area contributed by atoms with Crippen LogP contribution in [-0.4, -0.2) is 35.8 Å². The molecule has 6 heteroatoms. The van der Waals surface area contributed by atoms with Gasteiger partial charge in [-0.25, -0.2) is 4.79 Å². The average Bonchev–Trinajstić information content (AvgIpc) is 2.89. The van der Waals surface area contributed by atoms with Crippen LogP contribution in [0.15, 0.2) is 36.4 Å². The van der Waals surface area contributed by atoms with Gasteiger partial charge in [-0.05, 0) is 75.1 Å². The van der Waals surface area contributed by atoms with Gasteiger partial charge in [0.15, 0.2) is 5.78 Å². The van der Waals surface area contributed by atoms with Gasteiger partial charge < -0.3 is 10.1 Å². The van der Waals surface area contributed by atoms with Gasteiger partial charge in [-0.15, -0.1) is 0 Å². The van der Waals surface area contributed by atoms with Crippen molar-refractivity contribution < 1.29 is 19.1 Å². The van der Waals surface area contributed by atoms with Gasteiger partial charge in [0.1, 0.15) is 11.3 Å². The molecular weight excluding hydrogens is 368 g/mol. The lowest BCUT2D eigenvalue weighted by atomic mass is 9.92. The molecule has 1 saturated heterocycles. The molecule has 2 aromatic rings. The number of nitrogens with one attached hydrogen (secondary N) is 1. The third-order valence-electron chi connectivity index (χ3n) is 5.46. The van der Waals surface area contributed by atoms with Crippen molar-refractivity contribution in [2.75, 3.05) is 13.2 Å². The minimum absolute atomic E-state index is 0.259. The van der Waals surface area contributed by atoms with E-state index in [0.717, 1.165) is 21.6 Å². The molecule has 0 bridgehead atoms. The first-order chi connectivity index (χ1) is 13.7. The minimum Gasteiger partial charge on any atom is -0.494 e. The van der Waals surface area contributed by atoms with Crippen LogP contribution in [0, 0.1) is 20.8 Å². The van der Waals surface area contributed by atoms with Gasteiger partial charge in [0, 0.05) is 5.56 Å². The first-order valence-electron chi connectivity index (χ1n) is 9.66. The third kappa shape index (κ3) is 3.75. The summed E-state index contributed by atoms with van der Waals surface area (Å²) in [4.78, 5) is 39.5. The highest BCUT2D eigenvalue weighted by molar-refractivity contribution is 6.11. The van der Waals surface area contributed by atoms with Crippen LogP contribution in [-0.2, 0) is 10.3 Å². The van der Waals surface area contributed by atoms with Crippen molar-refractivity contribution in [3.8, 4) is 5.75 Å². The largest absolute Gasteiger partial charge is 0.494 e. The highest BCUT2D eigenvalue weighted by Crippen LogP contribution is 2.30. The van der Waals surface area contributed by atoms with Crippen molar-refractivity contribution in [1.82, 2.24) is 10.2 Å². The SMILES string of the molecule is CCOc1ccc(C2(C)NC(=O)N(CC(=O)c3cc(C)c(C)cc3C)C2=O)cc1. The molecule has 6 nitrogen and oxygen atoms in total. The summed E-state index contributed by atoms with van der Waals surface area (Å²) in [7, 11) is 0. The topological polar surface area (TPSA) is 75.7 Å². The summed E-state index contributed by atoms with van der Waals surface area (Å²) in [6.07, 6.45) is 0. The van der Waals surface area contributed by atoms with Gasteiger partial charge in [-0.3, -0.25) is 14.5 Å². The predicted molar refractivity (Wildman–Crippen MR) is 110 cm³/mol. The fourth-order valence-corrected chi connectivity index (χ4v) is 3.58. The number of hydrogen-bond donors (Lipinski definition) is 1. The van der Waals surface area contributed by atoms with Gasteiger partial charge in [0.2, 0.25) is 0 Å². The van der Waals surface area contributed by atoms with Gasteiger partial charge >= 0.3 is 6.03 Å². The van der Waals surface area contributed by atoms with E-state index >= 15 is 0 Å². The molecule has 2 aromatic carbocycles. The van der Waals surface area contributed by atoms with E-state index < -0.39 is 17.5 Å². The molecule has 0 spiro atoms. The van der Waals surface area contributed by atoms with Gasteiger partial charge in [0.05, 0.1) is 13.2 Å². The maximum atomic E-state index is 13.1. The van der Waals surface area contributed by atoms with Gasteiger partial charge in [-0.1, -0.05) is 18.2 Å². The van der Waals surface area contributed by atoms with Crippen molar-refractivity contribution in [3.63, 3.8) is 0 Å². The summed E-state index contributed by atoms with van der Waals surface area (Å²) in [5, 5.41) is 2.73. The molecule has 29 heavy (non-hydrogen) atoms. The lowest BCUT2D eigenvalue weighted by molar-refractivity contribution is -0.130. The van der Waals surface area contributed by atoms with Crippen LogP contribution in [0.3, 0.4) is 0 Å². The van der Waals surface area contributed by atoms with Crippen molar-refractivity contribution in [3.05, 3.63) is 64.2 Å². The van der Waals surface area contributed by atoms with Gasteiger partial charge in [0.25, 0.3) is 5.91 Å². The number of nitrogens with zero attached hydrogens (tertiary/aromatic N) is 1. The molecular formula is C23H26N2O4. The Bertz CT molecular complexity index is 981. The highest BCUT2D eigenvalue weighted by Gasteiger charge is 2.49. The van der Waals surface area contributed by atoms with Crippen LogP contribution < -0.4 is 10.1 Å². The fourth-order valence-electron chi connectivity index (χ4n) is 3.58. The summed E-state index contributed by atoms with van der Waals surface area (Å²) < 4.78 is 5.43. The number of Topliss-reactive ketones (excluding diaryl/α,β-unsaturated/α-hetero) is 1. The number of hydrogen-bond acceptors (Lipinski definition) is 4. The van der Waals surface area contributed by atoms with Crippen molar-refractivity contribution in [2.24, 2.45) is 0 Å². The average molecular weight is 394 g/mol. The second-order valence-electron chi connectivity index (χ2n) is 7.58. The van der Waals surface area contributed by atoms with Crippen molar-refractivity contribution in [2.45, 2.75) is 40.2 Å². The second-order valence-corrected chi connectivity index (χ2v) is 7.58. The van der Waals surface area contributed by atoms with Crippen LogP contribution >= 0.6 is 0 Å². The maximum Gasteiger partial charge on any atom is 0.325 e. The van der Waals surface area contributed by atoms with E-state index in [4.69, 9.17) is 4.74 Å². The molecule has 0 saturated carbocycles. The zero-order chi connectivity index (χ0) is 21.3. The van der Waals surface area contributed by atoms with E-state index in [2.05, 4.69) is 5.32 Å². The summed E-state index contributed by atoms with van der Waals surface area (Å²) in [6.45, 7) is 9.56. The summed E-state index contributed by atoms with van der Waals surface area (Å²) in [6, 6.07) is 10.2. The molecule has 1 unspecified atom stereocenters. The number of imide groups is 1.